The summed E-state index contributed by atoms with van der Waals surface area (Å²) in [5, 5.41) is 2.83. The molecular formula is C13H14N2O2S. The predicted molar refractivity (Wildman–Crippen MR) is 71.6 cm³/mol. The van der Waals surface area contributed by atoms with E-state index in [-0.39, 0.29) is 6.61 Å². The van der Waals surface area contributed by atoms with Crippen LogP contribution in [0.2, 0.25) is 0 Å². The Balaban J connectivity index is 2.05. The fourth-order valence-corrected chi connectivity index (χ4v) is 2.14. The van der Waals surface area contributed by atoms with Gasteiger partial charge in [0.25, 0.3) is 0 Å². The first-order valence-electron chi connectivity index (χ1n) is 5.50. The summed E-state index contributed by atoms with van der Waals surface area (Å²) in [6, 6.07) is 5.29. The Morgan fingerprint density at radius 3 is 2.89 bits per heavy atom. The van der Waals surface area contributed by atoms with Crippen LogP contribution < -0.4 is 5.73 Å². The molecule has 0 unspecified atom stereocenters. The third kappa shape index (κ3) is 2.87. The van der Waals surface area contributed by atoms with E-state index < -0.39 is 5.97 Å². The maximum absolute atomic E-state index is 11.9. The van der Waals surface area contributed by atoms with E-state index in [4.69, 9.17) is 10.5 Å². The number of anilines is 1. The van der Waals surface area contributed by atoms with Crippen LogP contribution in [0.4, 0.5) is 5.69 Å². The number of carbonyl (C=O) groups is 1. The number of nitrogen functional groups attached to an aromatic ring is 1. The fourth-order valence-electron chi connectivity index (χ4n) is 1.54. The van der Waals surface area contributed by atoms with Crippen LogP contribution in [-0.4, -0.2) is 11.0 Å². The molecule has 0 radical (unpaired) electrons. The van der Waals surface area contributed by atoms with Gasteiger partial charge in [-0.15, -0.1) is 11.3 Å². The molecule has 0 amide bonds. The minimum absolute atomic E-state index is 0.177. The van der Waals surface area contributed by atoms with E-state index in [0.717, 1.165) is 16.3 Å². The molecule has 1 aromatic carbocycles. The highest BCUT2D eigenvalue weighted by atomic mass is 32.1. The number of hydrogen-bond acceptors (Lipinski definition) is 5. The van der Waals surface area contributed by atoms with Gasteiger partial charge in [0, 0.05) is 11.1 Å². The van der Waals surface area contributed by atoms with Crippen molar-refractivity contribution in [1.29, 1.82) is 0 Å². The molecule has 94 valence electrons. The van der Waals surface area contributed by atoms with Gasteiger partial charge in [-0.25, -0.2) is 9.78 Å². The van der Waals surface area contributed by atoms with Gasteiger partial charge in [0.2, 0.25) is 0 Å². The van der Waals surface area contributed by atoms with Gasteiger partial charge in [0.15, 0.2) is 0 Å². The summed E-state index contributed by atoms with van der Waals surface area (Å²) >= 11 is 1.53. The van der Waals surface area contributed by atoms with Crippen LogP contribution in [0.3, 0.4) is 0 Å². The fraction of sp³-hybridized carbons (Fsp3) is 0.231. The second-order valence-corrected chi connectivity index (χ2v) is 5.09. The number of nitrogens with two attached hydrogens (primary N) is 1. The lowest BCUT2D eigenvalue weighted by molar-refractivity contribution is 0.0469. The van der Waals surface area contributed by atoms with E-state index in [1.165, 1.54) is 11.3 Å². The lowest BCUT2D eigenvalue weighted by Crippen LogP contribution is -2.08. The summed E-state index contributed by atoms with van der Waals surface area (Å²) in [5.41, 5.74) is 8.32. The molecule has 5 heteroatoms. The van der Waals surface area contributed by atoms with Gasteiger partial charge in [-0.05, 0) is 26.0 Å². The van der Waals surface area contributed by atoms with Crippen molar-refractivity contribution in [3.8, 4) is 0 Å². The van der Waals surface area contributed by atoms with Gasteiger partial charge in [0.1, 0.15) is 6.61 Å². The molecule has 1 aromatic heterocycles. The summed E-state index contributed by atoms with van der Waals surface area (Å²) in [4.78, 5) is 16.1. The van der Waals surface area contributed by atoms with Crippen LogP contribution in [0, 0.1) is 13.8 Å². The van der Waals surface area contributed by atoms with E-state index in [1.54, 1.807) is 12.1 Å². The lowest BCUT2D eigenvalue weighted by Gasteiger charge is -2.06. The molecule has 1 heterocycles. The Labute approximate surface area is 109 Å². The Hall–Kier alpha value is -1.88. The molecular weight excluding hydrogens is 248 g/mol. The molecule has 0 saturated heterocycles. The van der Waals surface area contributed by atoms with E-state index in [2.05, 4.69) is 4.98 Å². The Morgan fingerprint density at radius 1 is 1.44 bits per heavy atom. The highest BCUT2D eigenvalue weighted by Crippen LogP contribution is 2.16. The Bertz CT molecular complexity index is 578. The van der Waals surface area contributed by atoms with E-state index >= 15 is 0 Å². The number of aromatic nitrogens is 1. The first-order valence-corrected chi connectivity index (χ1v) is 6.38. The largest absolute Gasteiger partial charge is 0.455 e. The van der Waals surface area contributed by atoms with E-state index in [9.17, 15) is 4.79 Å². The monoisotopic (exact) mass is 262 g/mol. The Kier molecular flexibility index (Phi) is 3.62. The predicted octanol–water partition coefficient (Wildman–Crippen LogP) is 2.70. The molecule has 0 spiro atoms. The van der Waals surface area contributed by atoms with Gasteiger partial charge in [-0.1, -0.05) is 11.6 Å². The number of benzene rings is 1. The number of aryl methyl sites for hydroxylation is 2. The smallest absolute Gasteiger partial charge is 0.340 e. The summed E-state index contributed by atoms with van der Waals surface area (Å²) in [6.07, 6.45) is 0. The van der Waals surface area contributed by atoms with Gasteiger partial charge in [0.05, 0.1) is 16.3 Å². The third-order valence-electron chi connectivity index (χ3n) is 2.45. The zero-order valence-electron chi connectivity index (χ0n) is 10.3. The highest BCUT2D eigenvalue weighted by molar-refractivity contribution is 7.09. The lowest BCUT2D eigenvalue weighted by atomic mass is 10.1. The molecule has 0 aliphatic carbocycles. The molecule has 2 N–H and O–H groups in total. The molecule has 0 atom stereocenters. The molecule has 0 saturated carbocycles. The topological polar surface area (TPSA) is 65.2 Å². The van der Waals surface area contributed by atoms with Crippen molar-refractivity contribution in [2.75, 3.05) is 5.73 Å². The number of nitrogens with zero attached hydrogens (tertiary/aromatic N) is 1. The van der Waals surface area contributed by atoms with Crippen molar-refractivity contribution < 1.29 is 9.53 Å². The molecule has 0 aliphatic heterocycles. The molecule has 0 bridgehead atoms. The number of hydrogen-bond donors (Lipinski definition) is 1. The summed E-state index contributed by atoms with van der Waals surface area (Å²) < 4.78 is 5.19. The number of carbonyl (C=O) groups excluding carboxylic acids is 1. The second-order valence-electron chi connectivity index (χ2n) is 4.02. The van der Waals surface area contributed by atoms with Crippen molar-refractivity contribution in [2.24, 2.45) is 0 Å². The number of ether oxygens (including phenoxy) is 1. The quantitative estimate of drug-likeness (QED) is 0.682. The standard InChI is InChI=1S/C13H14N2O2S/c1-8-3-4-12(14)11(5-8)13(16)17-6-10-7-18-9(2)15-10/h3-5,7H,6,14H2,1-2H3. The molecule has 0 fully saturated rings. The van der Waals surface area contributed by atoms with Crippen molar-refractivity contribution in [2.45, 2.75) is 20.5 Å². The number of rotatable bonds is 3. The van der Waals surface area contributed by atoms with Crippen LogP contribution in [0.5, 0.6) is 0 Å². The van der Waals surface area contributed by atoms with Crippen LogP contribution in [0.25, 0.3) is 0 Å². The minimum atomic E-state index is -0.415. The van der Waals surface area contributed by atoms with Crippen LogP contribution in [-0.2, 0) is 11.3 Å². The number of thiazole rings is 1. The van der Waals surface area contributed by atoms with Gasteiger partial charge >= 0.3 is 5.97 Å². The summed E-state index contributed by atoms with van der Waals surface area (Å²) in [7, 11) is 0. The third-order valence-corrected chi connectivity index (χ3v) is 3.27. The normalized spacial score (nSPS) is 10.3. The average molecular weight is 262 g/mol. The molecule has 18 heavy (non-hydrogen) atoms. The first kappa shape index (κ1) is 12.6. The molecule has 4 nitrogen and oxygen atoms in total. The molecule has 0 aliphatic rings. The SMILES string of the molecule is Cc1ccc(N)c(C(=O)OCc2csc(C)n2)c1. The second kappa shape index (κ2) is 5.18. The molecule has 2 aromatic rings. The van der Waals surface area contributed by atoms with Crippen molar-refractivity contribution in [3.63, 3.8) is 0 Å². The number of esters is 1. The minimum Gasteiger partial charge on any atom is -0.455 e. The van der Waals surface area contributed by atoms with Crippen molar-refractivity contribution in [1.82, 2.24) is 4.98 Å². The molecule has 2 rings (SSSR count). The van der Waals surface area contributed by atoms with Crippen molar-refractivity contribution in [3.05, 3.63) is 45.4 Å². The first-order chi connectivity index (χ1) is 8.56. The van der Waals surface area contributed by atoms with Gasteiger partial charge in [-0.2, -0.15) is 0 Å². The van der Waals surface area contributed by atoms with Crippen molar-refractivity contribution >= 4 is 23.0 Å². The average Bonchev–Trinajstić information content (AvgIpc) is 2.75. The van der Waals surface area contributed by atoms with Crippen LogP contribution in [0.15, 0.2) is 23.6 Å². The van der Waals surface area contributed by atoms with E-state index in [0.29, 0.717) is 11.3 Å². The highest BCUT2D eigenvalue weighted by Gasteiger charge is 2.12. The summed E-state index contributed by atoms with van der Waals surface area (Å²) in [6.45, 7) is 3.99. The van der Waals surface area contributed by atoms with Crippen LogP contribution >= 0.6 is 11.3 Å². The maximum atomic E-state index is 11.9. The summed E-state index contributed by atoms with van der Waals surface area (Å²) in [5.74, 6) is -0.415. The van der Waals surface area contributed by atoms with E-state index in [1.807, 2.05) is 25.3 Å². The zero-order chi connectivity index (χ0) is 13.1. The Morgan fingerprint density at radius 2 is 2.22 bits per heavy atom. The van der Waals surface area contributed by atoms with Gasteiger partial charge < -0.3 is 10.5 Å². The maximum Gasteiger partial charge on any atom is 0.340 e. The zero-order valence-corrected chi connectivity index (χ0v) is 11.1. The van der Waals surface area contributed by atoms with Gasteiger partial charge in [-0.3, -0.25) is 0 Å². The van der Waals surface area contributed by atoms with Crippen LogP contribution in [0.1, 0.15) is 26.6 Å².